The maximum atomic E-state index is 12.9. The Morgan fingerprint density at radius 2 is 2.30 bits per heavy atom. The van der Waals surface area contributed by atoms with E-state index in [9.17, 15) is 4.79 Å². The summed E-state index contributed by atoms with van der Waals surface area (Å²) in [5, 5.41) is 5.36. The topological polar surface area (TPSA) is 53.9 Å². The van der Waals surface area contributed by atoms with Crippen LogP contribution >= 0.6 is 0 Å². The van der Waals surface area contributed by atoms with Crippen LogP contribution in [0.2, 0.25) is 0 Å². The molecular weight excluding hydrogens is 288 g/mol. The third-order valence-corrected chi connectivity index (χ3v) is 4.60. The highest BCUT2D eigenvalue weighted by Gasteiger charge is 2.30. The number of amides is 1. The second kappa shape index (κ2) is 5.57. The van der Waals surface area contributed by atoms with E-state index in [0.29, 0.717) is 5.69 Å². The Balaban J connectivity index is 1.58. The summed E-state index contributed by atoms with van der Waals surface area (Å²) < 4.78 is 1.91. The molecule has 1 N–H and O–H groups in total. The number of aromatic amines is 1. The number of hydrogen-bond acceptors (Lipinski definition) is 2. The van der Waals surface area contributed by atoms with Crippen LogP contribution in [0.1, 0.15) is 28.9 Å². The number of likely N-dealkylation sites (tertiary alicyclic amines) is 1. The summed E-state index contributed by atoms with van der Waals surface area (Å²) in [4.78, 5) is 18.2. The highest BCUT2D eigenvalue weighted by atomic mass is 16.2. The molecule has 1 unspecified atom stereocenters. The van der Waals surface area contributed by atoms with E-state index < -0.39 is 0 Å². The van der Waals surface area contributed by atoms with Crippen LogP contribution in [0.25, 0.3) is 10.9 Å². The molecule has 2 aromatic heterocycles. The number of aryl methyl sites for hydroxylation is 1. The molecule has 118 valence electrons. The fourth-order valence-electron chi connectivity index (χ4n) is 3.44. The number of aromatic nitrogens is 3. The zero-order valence-electron chi connectivity index (χ0n) is 13.2. The van der Waals surface area contributed by atoms with Crippen molar-refractivity contribution in [2.45, 2.75) is 32.4 Å². The normalized spacial score (nSPS) is 18.0. The quantitative estimate of drug-likeness (QED) is 0.808. The molecule has 4 rings (SSSR count). The van der Waals surface area contributed by atoms with Gasteiger partial charge in [0.15, 0.2) is 0 Å². The van der Waals surface area contributed by atoms with Gasteiger partial charge in [0.2, 0.25) is 0 Å². The van der Waals surface area contributed by atoms with Crippen LogP contribution in [0.3, 0.4) is 0 Å². The Labute approximate surface area is 134 Å². The van der Waals surface area contributed by atoms with Crippen molar-refractivity contribution in [1.29, 1.82) is 0 Å². The predicted octanol–water partition coefficient (Wildman–Crippen LogP) is 2.98. The lowest BCUT2D eigenvalue weighted by Crippen LogP contribution is -2.38. The lowest BCUT2D eigenvalue weighted by molar-refractivity contribution is 0.0716. The van der Waals surface area contributed by atoms with Gasteiger partial charge in [0.25, 0.3) is 5.91 Å². The maximum Gasteiger partial charge on any atom is 0.270 e. The number of benzene rings is 1. The fourth-order valence-corrected chi connectivity index (χ4v) is 3.44. The first-order chi connectivity index (χ1) is 11.2. The van der Waals surface area contributed by atoms with Crippen molar-refractivity contribution in [3.63, 3.8) is 0 Å². The maximum absolute atomic E-state index is 12.9. The average Bonchev–Trinajstić information content (AvgIpc) is 3.26. The molecule has 1 aliphatic heterocycles. The summed E-state index contributed by atoms with van der Waals surface area (Å²) >= 11 is 0. The molecule has 1 amide bonds. The molecule has 1 fully saturated rings. The highest BCUT2D eigenvalue weighted by Crippen LogP contribution is 2.23. The standard InChI is InChI=1S/C18H20N4O/c1-13-5-6-16-14(10-13)11-17(20-16)18(23)22-9-2-4-15(22)12-21-8-3-7-19-21/h3,5-8,10-11,15,20H,2,4,9,12H2,1H3. The minimum Gasteiger partial charge on any atom is -0.351 e. The van der Waals surface area contributed by atoms with Gasteiger partial charge >= 0.3 is 0 Å². The molecular formula is C18H20N4O. The molecule has 1 saturated heterocycles. The molecule has 5 nitrogen and oxygen atoms in total. The molecule has 0 saturated carbocycles. The largest absolute Gasteiger partial charge is 0.351 e. The summed E-state index contributed by atoms with van der Waals surface area (Å²) in [6.07, 6.45) is 5.82. The second-order valence-corrected chi connectivity index (χ2v) is 6.30. The third-order valence-electron chi connectivity index (χ3n) is 4.60. The first-order valence-corrected chi connectivity index (χ1v) is 8.08. The van der Waals surface area contributed by atoms with Crippen molar-refractivity contribution < 1.29 is 4.79 Å². The number of H-pyrrole nitrogens is 1. The Hall–Kier alpha value is -2.56. The summed E-state index contributed by atoms with van der Waals surface area (Å²) in [7, 11) is 0. The van der Waals surface area contributed by atoms with E-state index in [1.54, 1.807) is 6.20 Å². The van der Waals surface area contributed by atoms with Gasteiger partial charge in [0.1, 0.15) is 5.69 Å². The summed E-state index contributed by atoms with van der Waals surface area (Å²) in [6.45, 7) is 3.64. The smallest absolute Gasteiger partial charge is 0.270 e. The fraction of sp³-hybridized carbons (Fsp3) is 0.333. The van der Waals surface area contributed by atoms with E-state index in [4.69, 9.17) is 0 Å². The van der Waals surface area contributed by atoms with Crippen molar-refractivity contribution >= 4 is 16.8 Å². The Kier molecular flexibility index (Phi) is 3.41. The minimum atomic E-state index is 0.0912. The monoisotopic (exact) mass is 308 g/mol. The predicted molar refractivity (Wildman–Crippen MR) is 89.3 cm³/mol. The van der Waals surface area contributed by atoms with Crippen molar-refractivity contribution in [2.24, 2.45) is 0 Å². The van der Waals surface area contributed by atoms with Crippen LogP contribution in [-0.4, -0.2) is 38.2 Å². The molecule has 5 heteroatoms. The van der Waals surface area contributed by atoms with E-state index in [0.717, 1.165) is 36.8 Å². The lowest BCUT2D eigenvalue weighted by atomic mass is 10.2. The average molecular weight is 308 g/mol. The van der Waals surface area contributed by atoms with Crippen LogP contribution in [0.15, 0.2) is 42.7 Å². The Bertz CT molecular complexity index is 834. The second-order valence-electron chi connectivity index (χ2n) is 6.30. The van der Waals surface area contributed by atoms with E-state index in [1.807, 2.05) is 34.0 Å². The van der Waals surface area contributed by atoms with Gasteiger partial charge in [-0.3, -0.25) is 9.48 Å². The first kappa shape index (κ1) is 14.1. The zero-order valence-corrected chi connectivity index (χ0v) is 13.2. The number of nitrogens with one attached hydrogen (secondary N) is 1. The molecule has 1 aromatic carbocycles. The van der Waals surface area contributed by atoms with Crippen molar-refractivity contribution in [2.75, 3.05) is 6.54 Å². The molecule has 1 atom stereocenters. The van der Waals surface area contributed by atoms with Gasteiger partial charge in [-0.1, -0.05) is 11.6 Å². The highest BCUT2D eigenvalue weighted by molar-refractivity contribution is 5.98. The minimum absolute atomic E-state index is 0.0912. The van der Waals surface area contributed by atoms with Gasteiger partial charge in [-0.25, -0.2) is 0 Å². The molecule has 0 radical (unpaired) electrons. The van der Waals surface area contributed by atoms with Crippen molar-refractivity contribution in [1.82, 2.24) is 19.7 Å². The SMILES string of the molecule is Cc1ccc2[nH]c(C(=O)N3CCCC3Cn3cccn3)cc2c1. The molecule has 3 heterocycles. The molecule has 3 aromatic rings. The lowest BCUT2D eigenvalue weighted by Gasteiger charge is -2.24. The van der Waals surface area contributed by atoms with Gasteiger partial charge in [-0.05, 0) is 44.0 Å². The van der Waals surface area contributed by atoms with Gasteiger partial charge in [-0.15, -0.1) is 0 Å². The molecule has 0 bridgehead atoms. The van der Waals surface area contributed by atoms with Crippen LogP contribution < -0.4 is 0 Å². The van der Waals surface area contributed by atoms with E-state index >= 15 is 0 Å². The molecule has 0 spiro atoms. The van der Waals surface area contributed by atoms with Crippen LogP contribution in [0, 0.1) is 6.92 Å². The number of carbonyl (C=O) groups excluding carboxylic acids is 1. The van der Waals surface area contributed by atoms with Gasteiger partial charge in [0.05, 0.1) is 12.6 Å². The number of carbonyl (C=O) groups is 1. The van der Waals surface area contributed by atoms with Crippen LogP contribution in [-0.2, 0) is 6.54 Å². The summed E-state index contributed by atoms with van der Waals surface area (Å²) in [6, 6.07) is 10.3. The number of rotatable bonds is 3. The molecule has 1 aliphatic rings. The number of nitrogens with zero attached hydrogens (tertiary/aromatic N) is 3. The van der Waals surface area contributed by atoms with Crippen molar-refractivity contribution in [3.8, 4) is 0 Å². The van der Waals surface area contributed by atoms with E-state index in [1.165, 1.54) is 5.56 Å². The number of hydrogen-bond donors (Lipinski definition) is 1. The van der Waals surface area contributed by atoms with E-state index in [-0.39, 0.29) is 11.9 Å². The van der Waals surface area contributed by atoms with Gasteiger partial charge in [0, 0.05) is 29.8 Å². The summed E-state index contributed by atoms with van der Waals surface area (Å²) in [5.41, 5.74) is 2.90. The first-order valence-electron chi connectivity index (χ1n) is 8.08. The number of fused-ring (bicyclic) bond motifs is 1. The van der Waals surface area contributed by atoms with Crippen LogP contribution in [0.5, 0.6) is 0 Å². The molecule has 0 aliphatic carbocycles. The summed E-state index contributed by atoms with van der Waals surface area (Å²) in [5.74, 6) is 0.0912. The van der Waals surface area contributed by atoms with E-state index in [2.05, 4.69) is 29.1 Å². The Morgan fingerprint density at radius 1 is 1.39 bits per heavy atom. The van der Waals surface area contributed by atoms with Gasteiger partial charge in [-0.2, -0.15) is 5.10 Å². The zero-order chi connectivity index (χ0) is 15.8. The molecule has 23 heavy (non-hydrogen) atoms. The van der Waals surface area contributed by atoms with Crippen LogP contribution in [0.4, 0.5) is 0 Å². The van der Waals surface area contributed by atoms with Gasteiger partial charge < -0.3 is 9.88 Å². The third kappa shape index (κ3) is 2.63. The Morgan fingerprint density at radius 3 is 3.13 bits per heavy atom. The van der Waals surface area contributed by atoms with Crippen molar-refractivity contribution in [3.05, 3.63) is 54.0 Å².